The minimum absolute atomic E-state index is 0.0980. The molecule has 1 saturated carbocycles. The third-order valence-corrected chi connectivity index (χ3v) is 6.27. The number of nitrogens with two attached hydrogens (primary N) is 1. The molecule has 3 atom stereocenters. The Bertz CT molecular complexity index is 1220. The number of aliphatic hydroxyl groups excluding tert-OH is 1. The Labute approximate surface area is 166 Å². The number of allylic oxidation sites excluding steroid dienone is 3. The average Bonchev–Trinajstić information content (AvgIpc) is 3.29. The summed E-state index contributed by atoms with van der Waals surface area (Å²) >= 11 is 3.46. The second-order valence-corrected chi connectivity index (χ2v) is 7.98. The van der Waals surface area contributed by atoms with Gasteiger partial charge in [0.25, 0.3) is 5.91 Å². The lowest BCUT2D eigenvalue weighted by atomic mass is 9.96. The highest BCUT2D eigenvalue weighted by Gasteiger charge is 2.39. The molecule has 2 aromatic heterocycles. The SMILES string of the molecule is Cn1ccnc1C(O)n1c(C(N)=O)nc2c1=NC1CC3C=C(F)C(=C1C3)C=2Br. The molecule has 2 bridgehead atoms. The summed E-state index contributed by atoms with van der Waals surface area (Å²) < 4.78 is 18.1. The molecule has 3 aliphatic rings. The molecule has 5 rings (SSSR count). The van der Waals surface area contributed by atoms with E-state index in [9.17, 15) is 14.3 Å². The van der Waals surface area contributed by atoms with E-state index in [0.29, 0.717) is 22.3 Å². The summed E-state index contributed by atoms with van der Waals surface area (Å²) in [7, 11) is 1.72. The van der Waals surface area contributed by atoms with Crippen LogP contribution in [-0.2, 0) is 7.05 Å². The molecule has 28 heavy (non-hydrogen) atoms. The summed E-state index contributed by atoms with van der Waals surface area (Å²) in [6, 6.07) is -0.247. The van der Waals surface area contributed by atoms with Crippen molar-refractivity contribution in [3.63, 3.8) is 0 Å². The lowest BCUT2D eigenvalue weighted by molar-refractivity contribution is 0.0933. The number of carbonyl (C=O) groups excluding carboxylic acids is 1. The Kier molecular flexibility index (Phi) is 3.72. The number of carbonyl (C=O) groups is 1. The van der Waals surface area contributed by atoms with Crippen LogP contribution in [0.25, 0.3) is 4.48 Å². The molecule has 1 fully saturated rings. The molecule has 3 heterocycles. The van der Waals surface area contributed by atoms with Gasteiger partial charge in [-0.05, 0) is 46.3 Å². The van der Waals surface area contributed by atoms with Crippen LogP contribution < -0.4 is 16.6 Å². The van der Waals surface area contributed by atoms with E-state index in [1.807, 2.05) is 0 Å². The maximum absolute atomic E-state index is 14.7. The van der Waals surface area contributed by atoms with E-state index in [1.54, 1.807) is 23.9 Å². The van der Waals surface area contributed by atoms with E-state index in [0.717, 1.165) is 12.0 Å². The Balaban J connectivity index is 1.84. The number of primary amides is 1. The lowest BCUT2D eigenvalue weighted by Crippen LogP contribution is -2.36. The lowest BCUT2D eigenvalue weighted by Gasteiger charge is -2.15. The molecule has 8 nitrogen and oxygen atoms in total. The van der Waals surface area contributed by atoms with Gasteiger partial charge in [0, 0.05) is 25.0 Å². The molecule has 0 radical (unpaired) electrons. The van der Waals surface area contributed by atoms with Crippen LogP contribution >= 0.6 is 15.9 Å². The van der Waals surface area contributed by atoms with Crippen molar-refractivity contribution in [2.75, 3.05) is 0 Å². The first-order chi connectivity index (χ1) is 13.4. The van der Waals surface area contributed by atoms with Crippen molar-refractivity contribution in [3.8, 4) is 0 Å². The number of imidazole rings is 2. The van der Waals surface area contributed by atoms with Crippen LogP contribution in [0, 0.1) is 5.92 Å². The number of amides is 1. The van der Waals surface area contributed by atoms with Crippen LogP contribution in [0.2, 0.25) is 0 Å². The number of aliphatic hydroxyl groups is 1. The van der Waals surface area contributed by atoms with E-state index in [2.05, 4.69) is 25.9 Å². The van der Waals surface area contributed by atoms with E-state index in [-0.39, 0.29) is 34.4 Å². The van der Waals surface area contributed by atoms with Crippen LogP contribution in [0.15, 0.2) is 40.4 Å². The smallest absolute Gasteiger partial charge is 0.284 e. The number of halogens is 2. The zero-order valence-electron chi connectivity index (χ0n) is 14.8. The quantitative estimate of drug-likeness (QED) is 0.707. The molecule has 144 valence electrons. The standard InChI is InChI=1S/C18H16BrFN6O2/c1-25-3-2-22-17(25)18(28)26-15-13(24-16(26)14(21)27)12(19)11-8-4-7(5-9(11)20)6-10(8)23-15/h2-3,5,7,10,18,28H,4,6H2,1H3,(H2,21,27). The molecule has 1 amide bonds. The van der Waals surface area contributed by atoms with Crippen LogP contribution in [0.1, 0.15) is 35.5 Å². The van der Waals surface area contributed by atoms with E-state index < -0.39 is 12.1 Å². The molecule has 3 unspecified atom stereocenters. The third-order valence-electron chi connectivity index (χ3n) is 5.50. The summed E-state index contributed by atoms with van der Waals surface area (Å²) in [5.74, 6) is -0.904. The number of aromatic nitrogens is 4. The summed E-state index contributed by atoms with van der Waals surface area (Å²) in [5, 5.41) is 11.3. The van der Waals surface area contributed by atoms with Crippen LogP contribution in [0.3, 0.4) is 0 Å². The first-order valence-electron chi connectivity index (χ1n) is 8.79. The maximum atomic E-state index is 14.7. The molecule has 0 aromatic carbocycles. The fraction of sp³-hybridized carbons (Fsp3) is 0.333. The molecule has 0 spiro atoms. The predicted molar refractivity (Wildman–Crippen MR) is 100 cm³/mol. The molecule has 3 N–H and O–H groups in total. The fourth-order valence-electron chi connectivity index (χ4n) is 4.25. The van der Waals surface area contributed by atoms with Gasteiger partial charge in [-0.2, -0.15) is 0 Å². The van der Waals surface area contributed by atoms with Gasteiger partial charge in [-0.25, -0.2) is 14.4 Å². The van der Waals surface area contributed by atoms with Crippen molar-refractivity contribution in [2.45, 2.75) is 25.1 Å². The number of aryl methyl sites for hydroxylation is 1. The summed E-state index contributed by atoms with van der Waals surface area (Å²) in [6.45, 7) is 0. The minimum atomic E-state index is -1.33. The molecule has 10 heteroatoms. The first kappa shape index (κ1) is 17.5. The fourth-order valence-corrected chi connectivity index (χ4v) is 4.96. The number of rotatable bonds is 3. The normalized spacial score (nSPS) is 23.9. The molecular formula is C18H16BrFN6O2. The van der Waals surface area contributed by atoms with Gasteiger partial charge in [0.05, 0.1) is 10.5 Å². The van der Waals surface area contributed by atoms with Crippen LogP contribution in [0.5, 0.6) is 0 Å². The Hall–Kier alpha value is -2.59. The van der Waals surface area contributed by atoms with Gasteiger partial charge in [-0.1, -0.05) is 0 Å². The highest BCUT2D eigenvalue weighted by atomic mass is 79.9. The number of hydrogen-bond donors (Lipinski definition) is 2. The predicted octanol–water partition coefficient (Wildman–Crippen LogP) is 0.333. The van der Waals surface area contributed by atoms with Crippen molar-refractivity contribution in [3.05, 3.63) is 57.9 Å². The zero-order chi connectivity index (χ0) is 19.7. The second kappa shape index (κ2) is 5.95. The number of hydrogen-bond acceptors (Lipinski definition) is 5. The van der Waals surface area contributed by atoms with Crippen LogP contribution in [0.4, 0.5) is 4.39 Å². The zero-order valence-corrected chi connectivity index (χ0v) is 16.4. The molecule has 2 aliphatic carbocycles. The Morgan fingerprint density at radius 1 is 1.50 bits per heavy atom. The minimum Gasteiger partial charge on any atom is -0.366 e. The van der Waals surface area contributed by atoms with E-state index in [1.165, 1.54) is 10.8 Å². The van der Waals surface area contributed by atoms with E-state index in [4.69, 9.17) is 10.7 Å². The highest BCUT2D eigenvalue weighted by Crippen LogP contribution is 2.46. The van der Waals surface area contributed by atoms with Crippen molar-refractivity contribution >= 4 is 26.3 Å². The van der Waals surface area contributed by atoms with E-state index >= 15 is 0 Å². The van der Waals surface area contributed by atoms with Crippen LogP contribution in [-0.4, -0.2) is 36.2 Å². The largest absolute Gasteiger partial charge is 0.366 e. The third kappa shape index (κ3) is 2.31. The molecule has 1 aliphatic heterocycles. The van der Waals surface area contributed by atoms with Gasteiger partial charge in [0.2, 0.25) is 5.82 Å². The maximum Gasteiger partial charge on any atom is 0.284 e. The summed E-state index contributed by atoms with van der Waals surface area (Å²) in [5.41, 5.74) is 7.16. The van der Waals surface area contributed by atoms with Gasteiger partial charge in [-0.3, -0.25) is 14.4 Å². The first-order valence-corrected chi connectivity index (χ1v) is 9.58. The van der Waals surface area contributed by atoms with Gasteiger partial charge >= 0.3 is 0 Å². The second-order valence-electron chi connectivity index (χ2n) is 7.19. The number of nitrogens with zero attached hydrogens (tertiary/aromatic N) is 5. The summed E-state index contributed by atoms with van der Waals surface area (Å²) in [4.78, 5) is 25.3. The van der Waals surface area contributed by atoms with Gasteiger partial charge in [0.15, 0.2) is 17.5 Å². The average molecular weight is 447 g/mol. The summed E-state index contributed by atoms with van der Waals surface area (Å²) in [6.07, 6.45) is 4.91. The monoisotopic (exact) mass is 446 g/mol. The van der Waals surface area contributed by atoms with Gasteiger partial charge < -0.3 is 15.4 Å². The molecule has 2 aromatic rings. The molecule has 0 saturated heterocycles. The van der Waals surface area contributed by atoms with Crippen molar-refractivity contribution in [1.82, 2.24) is 19.1 Å². The highest BCUT2D eigenvalue weighted by molar-refractivity contribution is 9.15. The van der Waals surface area contributed by atoms with Gasteiger partial charge in [0.1, 0.15) is 11.2 Å². The van der Waals surface area contributed by atoms with Crippen molar-refractivity contribution < 1.29 is 14.3 Å². The van der Waals surface area contributed by atoms with Gasteiger partial charge in [-0.15, -0.1) is 0 Å². The topological polar surface area (TPSA) is 111 Å². The van der Waals surface area contributed by atoms with Crippen molar-refractivity contribution in [1.29, 1.82) is 0 Å². The van der Waals surface area contributed by atoms with Crippen molar-refractivity contribution in [2.24, 2.45) is 23.7 Å². The Morgan fingerprint density at radius 3 is 2.96 bits per heavy atom. The molecular weight excluding hydrogens is 431 g/mol. The number of fused-ring (bicyclic) bond motifs is 2. The Morgan fingerprint density at radius 2 is 2.29 bits per heavy atom.